The van der Waals surface area contributed by atoms with Crippen LogP contribution in [0.15, 0.2) is 36.5 Å². The van der Waals surface area contributed by atoms with Crippen LogP contribution in [0.1, 0.15) is 342 Å². The Morgan fingerprint density at radius 1 is 0.282 bits per heavy atom. The van der Waals surface area contributed by atoms with Crippen molar-refractivity contribution in [3.05, 3.63) is 36.5 Å². The Hall–Kier alpha value is -2.37. The average molecular weight is 998 g/mol. The molecule has 0 bridgehead atoms. The first kappa shape index (κ1) is 68.6. The van der Waals surface area contributed by atoms with Gasteiger partial charge in [0.1, 0.15) is 13.2 Å². The number of allylic oxidation sites excluding steroid dienone is 6. The van der Waals surface area contributed by atoms with Gasteiger partial charge in [-0.25, -0.2) is 0 Å². The zero-order chi connectivity index (χ0) is 51.4. The molecule has 0 saturated heterocycles. The van der Waals surface area contributed by atoms with Crippen molar-refractivity contribution in [2.75, 3.05) is 13.2 Å². The van der Waals surface area contributed by atoms with E-state index in [0.717, 1.165) is 64.2 Å². The lowest BCUT2D eigenvalue weighted by Crippen LogP contribution is -2.30. The molecule has 0 fully saturated rings. The van der Waals surface area contributed by atoms with E-state index in [4.69, 9.17) is 14.2 Å². The standard InChI is InChI=1S/C65H120O6/c1-4-7-10-13-16-19-21-23-25-27-29-30-31-32-33-34-36-37-39-41-43-46-49-52-55-58-64(67)70-61-62(60-69-63(66)57-54-51-48-45-18-15-12-9-6-3)71-65(68)59-56-53-50-47-44-42-40-38-35-28-26-24-22-20-17-14-11-8-5-2/h17,20,24,26-27,29,62H,4-16,18-19,21-23,25,28,30-61H2,1-3H3/b20-17-,26-24-,29-27-. The minimum atomic E-state index is -0.771. The number of carbonyl (C=O) groups excluding carboxylic acids is 3. The topological polar surface area (TPSA) is 78.9 Å². The fourth-order valence-electron chi connectivity index (χ4n) is 9.35. The smallest absolute Gasteiger partial charge is 0.306 e. The molecule has 0 rings (SSSR count). The molecule has 0 heterocycles. The maximum Gasteiger partial charge on any atom is 0.306 e. The van der Waals surface area contributed by atoms with Gasteiger partial charge < -0.3 is 14.2 Å². The van der Waals surface area contributed by atoms with Gasteiger partial charge in [0.05, 0.1) is 0 Å². The molecule has 0 spiro atoms. The molecule has 0 N–H and O–H groups in total. The Labute approximate surface area is 442 Å². The lowest BCUT2D eigenvalue weighted by Gasteiger charge is -2.18. The molecule has 6 heteroatoms. The number of rotatable bonds is 58. The highest BCUT2D eigenvalue weighted by Crippen LogP contribution is 2.17. The summed E-state index contributed by atoms with van der Waals surface area (Å²) in [5, 5.41) is 0. The molecule has 416 valence electrons. The van der Waals surface area contributed by atoms with Gasteiger partial charge in [-0.3, -0.25) is 14.4 Å². The van der Waals surface area contributed by atoms with Crippen LogP contribution in [0.5, 0.6) is 0 Å². The van der Waals surface area contributed by atoms with Crippen molar-refractivity contribution in [2.24, 2.45) is 0 Å². The molecule has 0 aliphatic rings. The van der Waals surface area contributed by atoms with Crippen molar-refractivity contribution in [3.63, 3.8) is 0 Å². The third-order valence-electron chi connectivity index (χ3n) is 14.1. The second kappa shape index (κ2) is 60.2. The number of carbonyl (C=O) groups is 3. The van der Waals surface area contributed by atoms with Gasteiger partial charge in [-0.15, -0.1) is 0 Å². The fourth-order valence-corrected chi connectivity index (χ4v) is 9.35. The van der Waals surface area contributed by atoms with Gasteiger partial charge in [0.25, 0.3) is 0 Å². The van der Waals surface area contributed by atoms with Crippen LogP contribution >= 0.6 is 0 Å². The summed E-state index contributed by atoms with van der Waals surface area (Å²) in [6.45, 7) is 6.64. The van der Waals surface area contributed by atoms with Crippen LogP contribution in [0, 0.1) is 0 Å². The lowest BCUT2D eigenvalue weighted by molar-refractivity contribution is -0.167. The molecule has 71 heavy (non-hydrogen) atoms. The number of hydrogen-bond acceptors (Lipinski definition) is 6. The first-order valence-electron chi connectivity index (χ1n) is 31.5. The van der Waals surface area contributed by atoms with Crippen LogP contribution < -0.4 is 0 Å². The Bertz CT molecular complexity index is 1190. The molecule has 0 saturated carbocycles. The SMILES string of the molecule is CCCCC/C=C\C/C=C\CCCCCCCCCCCC(=O)OC(COC(=O)CCCCCCCCCCC)COC(=O)CCCCCCCCCCCCCCC/C=C\CCCCCCCCCC. The Balaban J connectivity index is 4.17. The van der Waals surface area contributed by atoms with Crippen molar-refractivity contribution in [1.82, 2.24) is 0 Å². The Kier molecular flexibility index (Phi) is 58.2. The van der Waals surface area contributed by atoms with Gasteiger partial charge in [0.2, 0.25) is 0 Å². The zero-order valence-electron chi connectivity index (χ0n) is 47.8. The highest BCUT2D eigenvalue weighted by molar-refractivity contribution is 5.71. The second-order valence-electron chi connectivity index (χ2n) is 21.3. The van der Waals surface area contributed by atoms with Crippen LogP contribution in [0.25, 0.3) is 0 Å². The van der Waals surface area contributed by atoms with E-state index < -0.39 is 6.10 Å². The van der Waals surface area contributed by atoms with E-state index in [1.165, 1.54) is 238 Å². The molecule has 0 aromatic rings. The predicted molar refractivity (Wildman–Crippen MR) is 307 cm³/mol. The highest BCUT2D eigenvalue weighted by Gasteiger charge is 2.19. The maximum absolute atomic E-state index is 12.9. The zero-order valence-corrected chi connectivity index (χ0v) is 47.8. The quantitative estimate of drug-likeness (QED) is 0.0261. The van der Waals surface area contributed by atoms with Gasteiger partial charge in [-0.05, 0) is 77.0 Å². The molecule has 1 atom stereocenters. The third kappa shape index (κ3) is 58.4. The monoisotopic (exact) mass is 997 g/mol. The summed E-state index contributed by atoms with van der Waals surface area (Å²) in [5.74, 6) is -0.857. The van der Waals surface area contributed by atoms with E-state index in [0.29, 0.717) is 19.3 Å². The first-order chi connectivity index (χ1) is 35.0. The summed E-state index contributed by atoms with van der Waals surface area (Å²) < 4.78 is 16.9. The van der Waals surface area contributed by atoms with Crippen molar-refractivity contribution in [1.29, 1.82) is 0 Å². The largest absolute Gasteiger partial charge is 0.462 e. The van der Waals surface area contributed by atoms with E-state index in [1.54, 1.807) is 0 Å². The van der Waals surface area contributed by atoms with Crippen LogP contribution in [0.3, 0.4) is 0 Å². The molecule has 0 aliphatic heterocycles. The van der Waals surface area contributed by atoms with Gasteiger partial charge >= 0.3 is 17.9 Å². The number of esters is 3. The minimum absolute atomic E-state index is 0.0699. The number of hydrogen-bond donors (Lipinski definition) is 0. The molecule has 6 nitrogen and oxygen atoms in total. The molecular weight excluding hydrogens is 877 g/mol. The summed E-state index contributed by atoms with van der Waals surface area (Å²) in [4.78, 5) is 38.1. The maximum atomic E-state index is 12.9. The fraction of sp³-hybridized carbons (Fsp3) is 0.862. The van der Waals surface area contributed by atoms with Gasteiger partial charge in [-0.2, -0.15) is 0 Å². The van der Waals surface area contributed by atoms with Gasteiger partial charge in [0.15, 0.2) is 6.10 Å². The van der Waals surface area contributed by atoms with Gasteiger partial charge in [0, 0.05) is 19.3 Å². The van der Waals surface area contributed by atoms with E-state index in [-0.39, 0.29) is 31.1 Å². The van der Waals surface area contributed by atoms with E-state index in [1.807, 2.05) is 0 Å². The molecule has 0 amide bonds. The summed E-state index contributed by atoms with van der Waals surface area (Å²) in [6.07, 6.45) is 73.0. The minimum Gasteiger partial charge on any atom is -0.462 e. The molecular formula is C65H120O6. The number of unbranched alkanes of at least 4 members (excludes halogenated alkanes) is 41. The first-order valence-corrected chi connectivity index (χ1v) is 31.5. The molecule has 1 unspecified atom stereocenters. The van der Waals surface area contributed by atoms with Crippen LogP contribution in [-0.2, 0) is 28.6 Å². The molecule has 0 radical (unpaired) electrons. The second-order valence-corrected chi connectivity index (χ2v) is 21.3. The lowest BCUT2D eigenvalue weighted by atomic mass is 10.0. The highest BCUT2D eigenvalue weighted by atomic mass is 16.6. The van der Waals surface area contributed by atoms with Crippen molar-refractivity contribution < 1.29 is 28.6 Å². The van der Waals surface area contributed by atoms with Crippen LogP contribution in [0.4, 0.5) is 0 Å². The predicted octanol–water partition coefficient (Wildman–Crippen LogP) is 21.2. The summed E-state index contributed by atoms with van der Waals surface area (Å²) >= 11 is 0. The van der Waals surface area contributed by atoms with Crippen LogP contribution in [-0.4, -0.2) is 37.2 Å². The Morgan fingerprint density at radius 2 is 0.507 bits per heavy atom. The number of ether oxygens (including phenoxy) is 3. The molecule has 0 aliphatic carbocycles. The van der Waals surface area contributed by atoms with Crippen LogP contribution in [0.2, 0.25) is 0 Å². The van der Waals surface area contributed by atoms with Crippen molar-refractivity contribution >= 4 is 17.9 Å². The summed E-state index contributed by atoms with van der Waals surface area (Å²) in [6, 6.07) is 0. The van der Waals surface area contributed by atoms with Gasteiger partial charge in [-0.1, -0.05) is 282 Å². The van der Waals surface area contributed by atoms with E-state index in [2.05, 4.69) is 57.2 Å². The molecule has 0 aromatic carbocycles. The summed E-state index contributed by atoms with van der Waals surface area (Å²) in [5.41, 5.74) is 0. The third-order valence-corrected chi connectivity index (χ3v) is 14.1. The Morgan fingerprint density at radius 3 is 0.817 bits per heavy atom. The molecule has 0 aromatic heterocycles. The normalized spacial score (nSPS) is 12.2. The average Bonchev–Trinajstić information content (AvgIpc) is 3.37. The van der Waals surface area contributed by atoms with Crippen molar-refractivity contribution in [3.8, 4) is 0 Å². The van der Waals surface area contributed by atoms with E-state index in [9.17, 15) is 14.4 Å². The summed E-state index contributed by atoms with van der Waals surface area (Å²) in [7, 11) is 0. The van der Waals surface area contributed by atoms with Crippen molar-refractivity contribution in [2.45, 2.75) is 348 Å². The van der Waals surface area contributed by atoms with E-state index >= 15 is 0 Å².